The summed E-state index contributed by atoms with van der Waals surface area (Å²) in [5, 5.41) is 2.80. The maximum absolute atomic E-state index is 13.2. The standard InChI is InChI=1S/C22H27F3N4O3S/c1-14-12-16(6-8-18(14)28(3)33(31)32)15(2)21(30)26-13-17-7-9-19(22(23,24)25)27-20(17)29-10-4-5-11-29/h6-9,12,15H,4-5,10-11,13H2,1-3H3,(H,26,30)(H,31,32)/p-1. The van der Waals surface area contributed by atoms with Gasteiger partial charge in [-0.25, -0.2) is 4.98 Å². The molecule has 0 aliphatic carbocycles. The van der Waals surface area contributed by atoms with Crippen LogP contribution in [0.25, 0.3) is 0 Å². The number of pyridine rings is 1. The van der Waals surface area contributed by atoms with Crippen molar-refractivity contribution in [1.82, 2.24) is 10.3 Å². The Balaban J connectivity index is 1.75. The number of amides is 1. The molecule has 0 bridgehead atoms. The number of alkyl halides is 3. The normalized spacial score (nSPS) is 15.9. The van der Waals surface area contributed by atoms with Crippen LogP contribution in [0.4, 0.5) is 24.7 Å². The summed E-state index contributed by atoms with van der Waals surface area (Å²) < 4.78 is 63.0. The van der Waals surface area contributed by atoms with Crippen LogP contribution in [0, 0.1) is 6.92 Å². The van der Waals surface area contributed by atoms with Crippen LogP contribution in [0.3, 0.4) is 0 Å². The second kappa shape index (κ2) is 10.1. The first-order valence-electron chi connectivity index (χ1n) is 10.5. The topological polar surface area (TPSA) is 88.6 Å². The van der Waals surface area contributed by atoms with E-state index in [1.165, 1.54) is 13.1 Å². The minimum Gasteiger partial charge on any atom is -0.755 e. The lowest BCUT2D eigenvalue weighted by atomic mass is 9.97. The number of aromatic nitrogens is 1. The van der Waals surface area contributed by atoms with Crippen LogP contribution < -0.4 is 14.5 Å². The molecule has 2 aromatic rings. The molecular formula is C22H26F3N4O3S-. The molecule has 7 nitrogen and oxygen atoms in total. The van der Waals surface area contributed by atoms with Crippen molar-refractivity contribution >= 4 is 28.7 Å². The Bertz CT molecular complexity index is 1040. The molecule has 180 valence electrons. The molecule has 2 heterocycles. The van der Waals surface area contributed by atoms with Crippen LogP contribution in [-0.4, -0.2) is 39.8 Å². The predicted molar refractivity (Wildman–Crippen MR) is 119 cm³/mol. The van der Waals surface area contributed by atoms with Gasteiger partial charge < -0.3 is 19.1 Å². The van der Waals surface area contributed by atoms with Gasteiger partial charge in [0.2, 0.25) is 5.91 Å². The molecule has 33 heavy (non-hydrogen) atoms. The van der Waals surface area contributed by atoms with Gasteiger partial charge in [-0.3, -0.25) is 9.00 Å². The Morgan fingerprint density at radius 1 is 1.27 bits per heavy atom. The Hall–Kier alpha value is -2.66. The molecule has 1 aromatic carbocycles. The van der Waals surface area contributed by atoms with Gasteiger partial charge in [0.1, 0.15) is 11.5 Å². The molecule has 1 N–H and O–H groups in total. The summed E-state index contributed by atoms with van der Waals surface area (Å²) in [7, 11) is 1.43. The second-order valence-electron chi connectivity index (χ2n) is 8.07. The zero-order chi connectivity index (χ0) is 24.3. The number of benzene rings is 1. The summed E-state index contributed by atoms with van der Waals surface area (Å²) in [4.78, 5) is 18.5. The number of carbonyl (C=O) groups excluding carboxylic acids is 1. The van der Waals surface area contributed by atoms with Crippen LogP contribution in [0.15, 0.2) is 30.3 Å². The van der Waals surface area contributed by atoms with Crippen molar-refractivity contribution in [2.75, 3.05) is 29.3 Å². The van der Waals surface area contributed by atoms with Crippen LogP contribution >= 0.6 is 0 Å². The lowest BCUT2D eigenvalue weighted by Gasteiger charge is -2.24. The van der Waals surface area contributed by atoms with Crippen molar-refractivity contribution in [1.29, 1.82) is 0 Å². The minimum absolute atomic E-state index is 0.0507. The van der Waals surface area contributed by atoms with Gasteiger partial charge in [-0.1, -0.05) is 18.2 Å². The number of hydrogen-bond acceptors (Lipinski definition) is 5. The predicted octanol–water partition coefficient (Wildman–Crippen LogP) is 3.66. The first-order chi connectivity index (χ1) is 15.5. The van der Waals surface area contributed by atoms with E-state index in [-0.39, 0.29) is 18.3 Å². The van der Waals surface area contributed by atoms with Gasteiger partial charge in [-0.2, -0.15) is 13.2 Å². The van der Waals surface area contributed by atoms with Gasteiger partial charge in [-0.05, 0) is 49.9 Å². The lowest BCUT2D eigenvalue weighted by Crippen LogP contribution is -2.30. The fourth-order valence-corrected chi connectivity index (χ4v) is 4.21. The van der Waals surface area contributed by atoms with Crippen LogP contribution in [0.5, 0.6) is 0 Å². The zero-order valence-corrected chi connectivity index (χ0v) is 19.4. The summed E-state index contributed by atoms with van der Waals surface area (Å²) >= 11 is -2.41. The number of halogens is 3. The van der Waals surface area contributed by atoms with E-state index in [1.807, 2.05) is 4.90 Å². The first-order valence-corrected chi connectivity index (χ1v) is 11.6. The number of hydrogen-bond donors (Lipinski definition) is 1. The molecule has 0 spiro atoms. The van der Waals surface area contributed by atoms with Crippen molar-refractivity contribution in [2.45, 2.75) is 45.3 Å². The lowest BCUT2D eigenvalue weighted by molar-refractivity contribution is -0.141. The first kappa shape index (κ1) is 25.0. The van der Waals surface area contributed by atoms with E-state index in [0.29, 0.717) is 35.5 Å². The molecule has 1 saturated heterocycles. The number of nitrogens with zero attached hydrogens (tertiary/aromatic N) is 3. The highest BCUT2D eigenvalue weighted by atomic mass is 32.2. The summed E-state index contributed by atoms with van der Waals surface area (Å²) in [6.07, 6.45) is -2.78. The summed E-state index contributed by atoms with van der Waals surface area (Å²) in [5.41, 5.74) is 1.47. The fourth-order valence-electron chi connectivity index (χ4n) is 3.84. The molecular weight excluding hydrogens is 457 g/mol. The van der Waals surface area contributed by atoms with Gasteiger partial charge in [0.05, 0.1) is 11.6 Å². The van der Waals surface area contributed by atoms with Crippen LogP contribution in [0.2, 0.25) is 0 Å². The third-order valence-corrected chi connectivity index (χ3v) is 6.43. The summed E-state index contributed by atoms with van der Waals surface area (Å²) in [6.45, 7) is 4.77. The second-order valence-corrected chi connectivity index (χ2v) is 9.05. The number of anilines is 2. The van der Waals surface area contributed by atoms with Gasteiger partial charge in [0.25, 0.3) is 0 Å². The van der Waals surface area contributed by atoms with E-state index >= 15 is 0 Å². The third-order valence-electron chi connectivity index (χ3n) is 5.78. The minimum atomic E-state index is -4.54. The number of carbonyl (C=O) groups is 1. The van der Waals surface area contributed by atoms with Crippen molar-refractivity contribution in [2.24, 2.45) is 0 Å². The molecule has 1 aliphatic rings. The quantitative estimate of drug-likeness (QED) is 0.608. The van der Waals surface area contributed by atoms with E-state index in [2.05, 4.69) is 10.3 Å². The van der Waals surface area contributed by atoms with E-state index in [9.17, 15) is 26.7 Å². The molecule has 1 amide bonds. The molecule has 0 saturated carbocycles. The average molecular weight is 484 g/mol. The molecule has 2 atom stereocenters. The van der Waals surface area contributed by atoms with E-state index in [0.717, 1.165) is 23.2 Å². The number of aryl methyl sites for hydroxylation is 1. The average Bonchev–Trinajstić information content (AvgIpc) is 3.30. The summed E-state index contributed by atoms with van der Waals surface area (Å²) in [5.74, 6) is -0.585. The fraction of sp³-hybridized carbons (Fsp3) is 0.455. The van der Waals surface area contributed by atoms with Crippen molar-refractivity contribution in [3.05, 3.63) is 52.7 Å². The van der Waals surface area contributed by atoms with Crippen LogP contribution in [-0.2, 0) is 28.8 Å². The summed E-state index contributed by atoms with van der Waals surface area (Å²) in [6, 6.07) is 7.37. The maximum Gasteiger partial charge on any atom is 0.433 e. The Morgan fingerprint density at radius 3 is 2.52 bits per heavy atom. The van der Waals surface area contributed by atoms with Crippen molar-refractivity contribution in [3.63, 3.8) is 0 Å². The molecule has 1 aromatic heterocycles. The SMILES string of the molecule is Cc1cc(C(C)C(=O)NCc2ccc(C(F)(F)F)nc2N2CCCC2)ccc1N(C)S(=O)[O-]. The van der Waals surface area contributed by atoms with E-state index in [4.69, 9.17) is 0 Å². The van der Waals surface area contributed by atoms with E-state index < -0.39 is 29.1 Å². The van der Waals surface area contributed by atoms with Gasteiger partial charge in [0.15, 0.2) is 0 Å². The Kier molecular flexibility index (Phi) is 7.63. The molecule has 11 heteroatoms. The molecule has 2 unspecified atom stereocenters. The van der Waals surface area contributed by atoms with Gasteiger partial charge >= 0.3 is 6.18 Å². The van der Waals surface area contributed by atoms with E-state index in [1.54, 1.807) is 32.0 Å². The van der Waals surface area contributed by atoms with Gasteiger partial charge in [-0.15, -0.1) is 0 Å². The highest BCUT2D eigenvalue weighted by molar-refractivity contribution is 7.80. The van der Waals surface area contributed by atoms with Crippen molar-refractivity contribution in [3.8, 4) is 0 Å². The number of rotatable bonds is 7. The van der Waals surface area contributed by atoms with Crippen molar-refractivity contribution < 1.29 is 26.7 Å². The molecule has 1 aliphatic heterocycles. The highest BCUT2D eigenvalue weighted by Crippen LogP contribution is 2.32. The molecule has 1 fully saturated rings. The number of nitrogens with one attached hydrogen (secondary N) is 1. The smallest absolute Gasteiger partial charge is 0.433 e. The molecule has 3 rings (SSSR count). The monoisotopic (exact) mass is 483 g/mol. The Morgan fingerprint density at radius 2 is 1.94 bits per heavy atom. The highest BCUT2D eigenvalue weighted by Gasteiger charge is 2.34. The third kappa shape index (κ3) is 5.83. The van der Waals surface area contributed by atoms with Gasteiger partial charge in [0, 0.05) is 43.5 Å². The van der Waals surface area contributed by atoms with Crippen LogP contribution in [0.1, 0.15) is 48.1 Å². The zero-order valence-electron chi connectivity index (χ0n) is 18.6. The Labute approximate surface area is 193 Å². The largest absolute Gasteiger partial charge is 0.755 e. The molecule has 0 radical (unpaired) electrons. The maximum atomic E-state index is 13.2.